The highest BCUT2D eigenvalue weighted by molar-refractivity contribution is 5.57. The molecule has 0 aromatic heterocycles. The molecule has 6 heteroatoms. The second-order valence-corrected chi connectivity index (χ2v) is 3.13. The summed E-state index contributed by atoms with van der Waals surface area (Å²) in [7, 11) is 0. The third-order valence-electron chi connectivity index (χ3n) is 2.15. The van der Waals surface area contributed by atoms with E-state index in [0.717, 1.165) is 6.34 Å². The van der Waals surface area contributed by atoms with Crippen molar-refractivity contribution in [3.63, 3.8) is 0 Å². The zero-order chi connectivity index (χ0) is 10.8. The molecule has 0 spiro atoms. The number of nitrogens with zero attached hydrogens (tertiary/aromatic N) is 3. The van der Waals surface area contributed by atoms with Crippen LogP contribution in [-0.2, 0) is 0 Å². The van der Waals surface area contributed by atoms with Gasteiger partial charge in [0.15, 0.2) is 0 Å². The Hall–Kier alpha value is -0.940. The van der Waals surface area contributed by atoms with Crippen LogP contribution < -0.4 is 0 Å². The first-order chi connectivity index (χ1) is 6.50. The fourth-order valence-electron chi connectivity index (χ4n) is 1.49. The molecule has 0 aliphatic carbocycles. The van der Waals surface area contributed by atoms with Gasteiger partial charge < -0.3 is 0 Å². The molecular weight excluding hydrogens is 195 g/mol. The third-order valence-corrected chi connectivity index (χ3v) is 2.15. The van der Waals surface area contributed by atoms with Crippen molar-refractivity contribution in [2.45, 2.75) is 39.2 Å². The lowest BCUT2D eigenvalue weighted by molar-refractivity contribution is -0.235. The lowest BCUT2D eigenvalue weighted by Gasteiger charge is -2.30. The second-order valence-electron chi connectivity index (χ2n) is 3.13. The van der Waals surface area contributed by atoms with Gasteiger partial charge in [0.2, 0.25) is 0 Å². The molecule has 82 valence electrons. The monoisotopic (exact) mass is 209 g/mol. The summed E-state index contributed by atoms with van der Waals surface area (Å²) in [6.45, 7) is 4.15. The van der Waals surface area contributed by atoms with Crippen LogP contribution in [0.5, 0.6) is 0 Å². The average molecular weight is 209 g/mol. The fraction of sp³-hybridized carbons (Fsp3) is 0.875. The van der Waals surface area contributed by atoms with Crippen LogP contribution in [-0.4, -0.2) is 35.3 Å². The molecule has 1 aliphatic heterocycles. The molecule has 0 bridgehead atoms. The molecule has 1 unspecified atom stereocenters. The first-order valence-corrected chi connectivity index (χ1v) is 4.66. The predicted molar refractivity (Wildman–Crippen MR) is 47.5 cm³/mol. The van der Waals surface area contributed by atoms with E-state index in [-0.39, 0.29) is 0 Å². The van der Waals surface area contributed by atoms with Crippen molar-refractivity contribution in [3.05, 3.63) is 0 Å². The van der Waals surface area contributed by atoms with Gasteiger partial charge in [-0.3, -0.25) is 9.91 Å². The van der Waals surface area contributed by atoms with Crippen LogP contribution in [0.3, 0.4) is 0 Å². The first-order valence-electron chi connectivity index (χ1n) is 4.66. The van der Waals surface area contributed by atoms with Gasteiger partial charge in [-0.15, -0.1) is 13.2 Å². The highest BCUT2D eigenvalue weighted by Crippen LogP contribution is 2.29. The lowest BCUT2D eigenvalue weighted by atomic mass is 10.2. The number of hydrogen-bond donors (Lipinski definition) is 0. The minimum Gasteiger partial charge on any atom is -0.273 e. The molecule has 1 heterocycles. The highest BCUT2D eigenvalue weighted by atomic mass is 19.4. The van der Waals surface area contributed by atoms with Gasteiger partial charge >= 0.3 is 6.30 Å². The van der Waals surface area contributed by atoms with Crippen molar-refractivity contribution in [2.75, 3.05) is 6.54 Å². The zero-order valence-electron chi connectivity index (χ0n) is 8.25. The SMILES string of the molecule is CCCC1N(CC)N=CN1C(F)(F)F. The highest BCUT2D eigenvalue weighted by Gasteiger charge is 2.44. The first kappa shape index (κ1) is 11.1. The summed E-state index contributed by atoms with van der Waals surface area (Å²) in [6, 6.07) is 0. The van der Waals surface area contributed by atoms with Crippen molar-refractivity contribution in [1.29, 1.82) is 0 Å². The Morgan fingerprint density at radius 3 is 2.43 bits per heavy atom. The lowest BCUT2D eigenvalue weighted by Crippen LogP contribution is -2.47. The predicted octanol–water partition coefficient (Wildman–Crippen LogP) is 2.21. The van der Waals surface area contributed by atoms with E-state index in [1.807, 2.05) is 6.92 Å². The third kappa shape index (κ3) is 2.10. The molecule has 1 aliphatic rings. The van der Waals surface area contributed by atoms with Crippen LogP contribution in [0, 0.1) is 0 Å². The van der Waals surface area contributed by atoms with E-state index in [4.69, 9.17) is 0 Å². The molecule has 3 nitrogen and oxygen atoms in total. The largest absolute Gasteiger partial charge is 0.487 e. The molecule has 1 rings (SSSR count). The van der Waals surface area contributed by atoms with E-state index in [2.05, 4.69) is 5.10 Å². The van der Waals surface area contributed by atoms with Crippen LogP contribution in [0.1, 0.15) is 26.7 Å². The standard InChI is InChI=1S/C8H14F3N3/c1-3-5-7-13(8(9,10)11)6-12-14(7)4-2/h6-7H,3-5H2,1-2H3. The maximum atomic E-state index is 12.5. The molecule has 0 aromatic carbocycles. The quantitative estimate of drug-likeness (QED) is 0.663. The van der Waals surface area contributed by atoms with Gasteiger partial charge in [0.05, 0.1) is 0 Å². The molecule has 0 aromatic rings. The average Bonchev–Trinajstić information content (AvgIpc) is 2.47. The summed E-state index contributed by atoms with van der Waals surface area (Å²) in [5.74, 6) is 0. The number of alkyl halides is 3. The van der Waals surface area contributed by atoms with Crippen molar-refractivity contribution < 1.29 is 13.2 Å². The molecule has 0 radical (unpaired) electrons. The van der Waals surface area contributed by atoms with Crippen LogP contribution in [0.15, 0.2) is 5.10 Å². The van der Waals surface area contributed by atoms with E-state index in [0.29, 0.717) is 24.3 Å². The van der Waals surface area contributed by atoms with E-state index in [1.54, 1.807) is 6.92 Å². The van der Waals surface area contributed by atoms with Crippen molar-refractivity contribution in [2.24, 2.45) is 5.10 Å². The van der Waals surface area contributed by atoms with Crippen LogP contribution >= 0.6 is 0 Å². The summed E-state index contributed by atoms with van der Waals surface area (Å²) in [4.78, 5) is 0.361. The van der Waals surface area contributed by atoms with Gasteiger partial charge in [0.1, 0.15) is 12.5 Å². The molecule has 0 saturated heterocycles. The van der Waals surface area contributed by atoms with E-state index in [9.17, 15) is 13.2 Å². The number of hydrogen-bond acceptors (Lipinski definition) is 3. The maximum absolute atomic E-state index is 12.5. The Bertz CT molecular complexity index is 214. The van der Waals surface area contributed by atoms with Gasteiger partial charge in [-0.2, -0.15) is 5.10 Å². The minimum absolute atomic E-state index is 0.361. The summed E-state index contributed by atoms with van der Waals surface area (Å²) in [5, 5.41) is 5.17. The van der Waals surface area contributed by atoms with Gasteiger partial charge in [0.25, 0.3) is 0 Å². The molecule has 1 atom stereocenters. The van der Waals surface area contributed by atoms with E-state index >= 15 is 0 Å². The fourth-order valence-corrected chi connectivity index (χ4v) is 1.49. The van der Waals surface area contributed by atoms with Crippen LogP contribution in [0.4, 0.5) is 13.2 Å². The van der Waals surface area contributed by atoms with Crippen molar-refractivity contribution >= 4 is 6.34 Å². The Morgan fingerprint density at radius 1 is 1.36 bits per heavy atom. The summed E-state index contributed by atoms with van der Waals surface area (Å²) in [5.41, 5.74) is 0. The Balaban J connectivity index is 2.72. The van der Waals surface area contributed by atoms with Gasteiger partial charge in [-0.25, -0.2) is 0 Å². The van der Waals surface area contributed by atoms with Crippen LogP contribution in [0.25, 0.3) is 0 Å². The normalized spacial score (nSPS) is 22.2. The smallest absolute Gasteiger partial charge is 0.273 e. The molecule has 0 N–H and O–H groups in total. The summed E-state index contributed by atoms with van der Waals surface area (Å²) in [6.07, 6.45) is -2.95. The minimum atomic E-state index is -4.33. The van der Waals surface area contributed by atoms with Gasteiger partial charge in [-0.1, -0.05) is 13.3 Å². The Kier molecular flexibility index (Phi) is 3.23. The maximum Gasteiger partial charge on any atom is 0.487 e. The topological polar surface area (TPSA) is 18.8 Å². The number of halogens is 3. The number of rotatable bonds is 3. The molecule has 14 heavy (non-hydrogen) atoms. The zero-order valence-corrected chi connectivity index (χ0v) is 8.25. The van der Waals surface area contributed by atoms with E-state index < -0.39 is 12.5 Å². The van der Waals surface area contributed by atoms with Gasteiger partial charge in [-0.05, 0) is 13.3 Å². The van der Waals surface area contributed by atoms with Crippen molar-refractivity contribution in [1.82, 2.24) is 9.91 Å². The Labute approximate surface area is 81.2 Å². The number of hydrazone groups is 1. The second kappa shape index (κ2) is 4.06. The van der Waals surface area contributed by atoms with Crippen LogP contribution in [0.2, 0.25) is 0 Å². The molecule has 0 fully saturated rings. The molecular formula is C8H14F3N3. The molecule has 0 amide bonds. The van der Waals surface area contributed by atoms with Crippen molar-refractivity contribution in [3.8, 4) is 0 Å². The Morgan fingerprint density at radius 2 is 2.00 bits per heavy atom. The summed E-state index contributed by atoms with van der Waals surface area (Å²) >= 11 is 0. The summed E-state index contributed by atoms with van der Waals surface area (Å²) < 4.78 is 37.4. The molecule has 0 saturated carbocycles. The van der Waals surface area contributed by atoms with Gasteiger partial charge in [0, 0.05) is 6.54 Å². The van der Waals surface area contributed by atoms with E-state index in [1.165, 1.54) is 5.01 Å².